The highest BCUT2D eigenvalue weighted by atomic mass is 79.9. The fraction of sp³-hybridized carbons (Fsp3) is 0.154. The molecule has 1 aromatic heterocycles. The first-order valence-corrected chi connectivity index (χ1v) is 8.05. The van der Waals surface area contributed by atoms with Gasteiger partial charge in [0.25, 0.3) is 0 Å². The van der Waals surface area contributed by atoms with Crippen molar-refractivity contribution in [3.05, 3.63) is 50.6 Å². The fourth-order valence-corrected chi connectivity index (χ4v) is 3.54. The molecular formula is C13H11BrO2S2. The van der Waals surface area contributed by atoms with Crippen LogP contribution in [0.2, 0.25) is 0 Å². The van der Waals surface area contributed by atoms with Gasteiger partial charge in [-0.15, -0.1) is 11.8 Å². The van der Waals surface area contributed by atoms with E-state index in [1.165, 1.54) is 5.56 Å². The first kappa shape index (κ1) is 13.6. The van der Waals surface area contributed by atoms with Gasteiger partial charge in [-0.1, -0.05) is 0 Å². The van der Waals surface area contributed by atoms with Gasteiger partial charge in [0.1, 0.15) is 0 Å². The van der Waals surface area contributed by atoms with Gasteiger partial charge in [-0.2, -0.15) is 11.3 Å². The average molecular weight is 343 g/mol. The van der Waals surface area contributed by atoms with Crippen molar-refractivity contribution >= 4 is 45.0 Å². The van der Waals surface area contributed by atoms with Crippen molar-refractivity contribution in [2.45, 2.75) is 11.3 Å². The topological polar surface area (TPSA) is 37.3 Å². The molecule has 0 spiro atoms. The fourth-order valence-electron chi connectivity index (χ4n) is 1.48. The summed E-state index contributed by atoms with van der Waals surface area (Å²) in [6.45, 7) is 0. The first-order valence-electron chi connectivity index (χ1n) is 5.33. The first-order chi connectivity index (χ1) is 8.66. The number of aromatic carboxylic acids is 1. The lowest BCUT2D eigenvalue weighted by molar-refractivity contribution is 0.0695. The van der Waals surface area contributed by atoms with Crippen molar-refractivity contribution in [1.82, 2.24) is 0 Å². The Morgan fingerprint density at radius 3 is 2.89 bits per heavy atom. The summed E-state index contributed by atoms with van der Waals surface area (Å²) < 4.78 is 0.622. The standard InChI is InChI=1S/C13H11BrO2S2/c14-12-2-1-10(7-11(12)13(15)16)18-6-4-9-3-5-17-8-9/h1-3,5,7-8H,4,6H2,(H,15,16). The van der Waals surface area contributed by atoms with Crippen LogP contribution in [0.1, 0.15) is 15.9 Å². The van der Waals surface area contributed by atoms with Crippen LogP contribution in [0, 0.1) is 0 Å². The van der Waals surface area contributed by atoms with Gasteiger partial charge in [-0.25, -0.2) is 4.79 Å². The van der Waals surface area contributed by atoms with Crippen LogP contribution in [0.5, 0.6) is 0 Å². The lowest BCUT2D eigenvalue weighted by atomic mass is 10.2. The van der Waals surface area contributed by atoms with E-state index in [1.54, 1.807) is 35.2 Å². The Morgan fingerprint density at radius 1 is 1.39 bits per heavy atom. The maximum Gasteiger partial charge on any atom is 0.336 e. The predicted molar refractivity (Wildman–Crippen MR) is 79.8 cm³/mol. The molecule has 0 unspecified atom stereocenters. The lowest BCUT2D eigenvalue weighted by Crippen LogP contribution is -1.97. The van der Waals surface area contributed by atoms with Gasteiger partial charge in [-0.05, 0) is 62.9 Å². The number of thioether (sulfide) groups is 1. The molecule has 1 aromatic carbocycles. The van der Waals surface area contributed by atoms with Crippen LogP contribution in [0.4, 0.5) is 0 Å². The lowest BCUT2D eigenvalue weighted by Gasteiger charge is -2.04. The molecule has 1 N–H and O–H groups in total. The molecule has 1 heterocycles. The van der Waals surface area contributed by atoms with E-state index in [2.05, 4.69) is 32.8 Å². The average Bonchev–Trinajstić information content (AvgIpc) is 2.84. The number of carbonyl (C=O) groups is 1. The summed E-state index contributed by atoms with van der Waals surface area (Å²) in [6, 6.07) is 7.56. The maximum atomic E-state index is 11.0. The van der Waals surface area contributed by atoms with Gasteiger partial charge in [0.05, 0.1) is 5.56 Å². The second kappa shape index (κ2) is 6.41. The Bertz CT molecular complexity index is 538. The molecule has 5 heteroatoms. The summed E-state index contributed by atoms with van der Waals surface area (Å²) >= 11 is 6.62. The zero-order chi connectivity index (χ0) is 13.0. The Morgan fingerprint density at radius 2 is 2.22 bits per heavy atom. The molecule has 0 aliphatic rings. The summed E-state index contributed by atoms with van der Waals surface area (Å²) in [4.78, 5) is 12.0. The molecule has 2 nitrogen and oxygen atoms in total. The molecular weight excluding hydrogens is 332 g/mol. The third kappa shape index (κ3) is 3.60. The minimum atomic E-state index is -0.901. The molecule has 2 aromatic rings. The predicted octanol–water partition coefficient (Wildman–Crippen LogP) is 4.54. The van der Waals surface area contributed by atoms with E-state index in [9.17, 15) is 4.79 Å². The van der Waals surface area contributed by atoms with E-state index in [1.807, 2.05) is 6.07 Å². The smallest absolute Gasteiger partial charge is 0.336 e. The second-order valence-corrected chi connectivity index (χ2v) is 6.48. The van der Waals surface area contributed by atoms with Crippen molar-refractivity contribution in [3.8, 4) is 0 Å². The number of carboxylic acids is 1. The molecule has 0 aliphatic carbocycles. The SMILES string of the molecule is O=C(O)c1cc(SCCc2ccsc2)ccc1Br. The highest BCUT2D eigenvalue weighted by molar-refractivity contribution is 9.10. The van der Waals surface area contributed by atoms with Crippen molar-refractivity contribution < 1.29 is 9.90 Å². The second-order valence-electron chi connectivity index (χ2n) is 3.68. The number of rotatable bonds is 5. The molecule has 0 aliphatic heterocycles. The largest absolute Gasteiger partial charge is 0.478 e. The maximum absolute atomic E-state index is 11.0. The van der Waals surface area contributed by atoms with Crippen molar-refractivity contribution in [3.63, 3.8) is 0 Å². The van der Waals surface area contributed by atoms with Gasteiger partial charge in [-0.3, -0.25) is 0 Å². The summed E-state index contributed by atoms with van der Waals surface area (Å²) in [5, 5.41) is 13.2. The van der Waals surface area contributed by atoms with Crippen LogP contribution in [0.3, 0.4) is 0 Å². The van der Waals surface area contributed by atoms with Crippen LogP contribution in [0.15, 0.2) is 44.4 Å². The quantitative estimate of drug-likeness (QED) is 0.810. The monoisotopic (exact) mass is 342 g/mol. The molecule has 2 rings (SSSR count). The third-order valence-electron chi connectivity index (χ3n) is 2.41. The number of carboxylic acid groups (broad SMARTS) is 1. The van der Waals surface area contributed by atoms with Gasteiger partial charge < -0.3 is 5.11 Å². The van der Waals surface area contributed by atoms with Crippen LogP contribution >= 0.6 is 39.0 Å². The zero-order valence-electron chi connectivity index (χ0n) is 9.43. The number of benzene rings is 1. The summed E-state index contributed by atoms with van der Waals surface area (Å²) in [5.41, 5.74) is 1.65. The molecule has 0 saturated heterocycles. The van der Waals surface area contributed by atoms with E-state index < -0.39 is 5.97 Å². The van der Waals surface area contributed by atoms with Crippen molar-refractivity contribution in [2.75, 3.05) is 5.75 Å². The summed E-state index contributed by atoms with van der Waals surface area (Å²) in [6.07, 6.45) is 1.01. The minimum Gasteiger partial charge on any atom is -0.478 e. The summed E-state index contributed by atoms with van der Waals surface area (Å²) in [5.74, 6) is 0.0550. The minimum absolute atomic E-state index is 0.315. The van der Waals surface area contributed by atoms with E-state index >= 15 is 0 Å². The number of halogens is 1. The van der Waals surface area contributed by atoms with Gasteiger partial charge in [0, 0.05) is 15.1 Å². The van der Waals surface area contributed by atoms with E-state index in [4.69, 9.17) is 5.11 Å². The molecule has 18 heavy (non-hydrogen) atoms. The Hall–Kier alpha value is -0.780. The molecule has 94 valence electrons. The number of hydrogen-bond acceptors (Lipinski definition) is 3. The van der Waals surface area contributed by atoms with Gasteiger partial charge in [0.15, 0.2) is 0 Å². The third-order valence-corrected chi connectivity index (χ3v) is 4.83. The Labute approximate surface area is 122 Å². The molecule has 0 saturated carbocycles. The van der Waals surface area contributed by atoms with Crippen LogP contribution < -0.4 is 0 Å². The van der Waals surface area contributed by atoms with Crippen LogP contribution in [0.25, 0.3) is 0 Å². The number of aryl methyl sites for hydroxylation is 1. The number of thiophene rings is 1. The van der Waals surface area contributed by atoms with Crippen LogP contribution in [-0.2, 0) is 6.42 Å². The summed E-state index contributed by atoms with van der Waals surface area (Å²) in [7, 11) is 0. The highest BCUT2D eigenvalue weighted by Gasteiger charge is 2.09. The van der Waals surface area contributed by atoms with E-state index in [-0.39, 0.29) is 0 Å². The van der Waals surface area contributed by atoms with Gasteiger partial charge >= 0.3 is 5.97 Å². The Kier molecular flexibility index (Phi) is 4.86. The molecule has 0 radical (unpaired) electrons. The van der Waals surface area contributed by atoms with Gasteiger partial charge in [0.2, 0.25) is 0 Å². The molecule has 0 atom stereocenters. The normalized spacial score (nSPS) is 10.5. The van der Waals surface area contributed by atoms with E-state index in [0.29, 0.717) is 10.0 Å². The molecule has 0 amide bonds. The molecule has 0 bridgehead atoms. The zero-order valence-corrected chi connectivity index (χ0v) is 12.6. The van der Waals surface area contributed by atoms with Crippen molar-refractivity contribution in [1.29, 1.82) is 0 Å². The van der Waals surface area contributed by atoms with Crippen LogP contribution in [-0.4, -0.2) is 16.8 Å². The van der Waals surface area contributed by atoms with E-state index in [0.717, 1.165) is 17.1 Å². The Balaban J connectivity index is 1.97. The van der Waals surface area contributed by atoms with Crippen molar-refractivity contribution in [2.24, 2.45) is 0 Å². The number of hydrogen-bond donors (Lipinski definition) is 1. The molecule has 0 fully saturated rings. The highest BCUT2D eigenvalue weighted by Crippen LogP contribution is 2.25.